The molecule has 0 spiro atoms. The van der Waals surface area contributed by atoms with Gasteiger partial charge < -0.3 is 10.1 Å². The van der Waals surface area contributed by atoms with E-state index in [2.05, 4.69) is 57.3 Å². The molecular formula is C19H31NO. The van der Waals surface area contributed by atoms with Crippen molar-refractivity contribution in [3.05, 3.63) is 35.4 Å². The van der Waals surface area contributed by atoms with Crippen molar-refractivity contribution in [2.75, 3.05) is 13.2 Å². The van der Waals surface area contributed by atoms with Crippen LogP contribution in [0.25, 0.3) is 0 Å². The highest BCUT2D eigenvalue weighted by Crippen LogP contribution is 2.25. The molecule has 0 saturated carbocycles. The summed E-state index contributed by atoms with van der Waals surface area (Å²) in [5.74, 6) is 1.26. The van der Waals surface area contributed by atoms with Crippen molar-refractivity contribution in [2.24, 2.45) is 5.92 Å². The first-order valence-corrected chi connectivity index (χ1v) is 8.54. The molecule has 0 bridgehead atoms. The van der Waals surface area contributed by atoms with E-state index in [0.717, 1.165) is 19.6 Å². The maximum absolute atomic E-state index is 5.77. The Bertz CT molecular complexity index is 412. The topological polar surface area (TPSA) is 21.3 Å². The molecule has 2 heteroatoms. The van der Waals surface area contributed by atoms with Gasteiger partial charge in [0.05, 0.1) is 12.7 Å². The van der Waals surface area contributed by atoms with Gasteiger partial charge in [0, 0.05) is 12.0 Å². The number of rotatable bonds is 7. The first kappa shape index (κ1) is 16.5. The molecule has 21 heavy (non-hydrogen) atoms. The second kappa shape index (κ2) is 7.95. The summed E-state index contributed by atoms with van der Waals surface area (Å²) >= 11 is 0. The molecule has 1 fully saturated rings. The van der Waals surface area contributed by atoms with Gasteiger partial charge in [-0.1, -0.05) is 45.0 Å². The van der Waals surface area contributed by atoms with E-state index in [4.69, 9.17) is 4.74 Å². The highest BCUT2D eigenvalue weighted by atomic mass is 16.5. The fraction of sp³-hybridized carbons (Fsp3) is 0.684. The summed E-state index contributed by atoms with van der Waals surface area (Å²) in [6.45, 7) is 10.9. The van der Waals surface area contributed by atoms with Crippen LogP contribution >= 0.6 is 0 Å². The summed E-state index contributed by atoms with van der Waals surface area (Å²) < 4.78 is 5.77. The van der Waals surface area contributed by atoms with Gasteiger partial charge in [-0.25, -0.2) is 0 Å². The van der Waals surface area contributed by atoms with Gasteiger partial charge in [0.15, 0.2) is 0 Å². The van der Waals surface area contributed by atoms with Crippen LogP contribution in [0.4, 0.5) is 0 Å². The lowest BCUT2D eigenvalue weighted by atomic mass is 9.90. The number of benzene rings is 1. The Morgan fingerprint density at radius 2 is 1.95 bits per heavy atom. The van der Waals surface area contributed by atoms with Gasteiger partial charge in [0.2, 0.25) is 0 Å². The monoisotopic (exact) mass is 289 g/mol. The highest BCUT2D eigenvalue weighted by Gasteiger charge is 2.29. The molecule has 1 aromatic carbocycles. The Balaban J connectivity index is 2.00. The maximum atomic E-state index is 5.77. The van der Waals surface area contributed by atoms with Crippen molar-refractivity contribution in [1.29, 1.82) is 0 Å². The predicted octanol–water partition coefficient (Wildman–Crippen LogP) is 4.15. The minimum atomic E-state index is 0.421. The molecule has 2 rings (SSSR count). The largest absolute Gasteiger partial charge is 0.378 e. The first-order valence-electron chi connectivity index (χ1n) is 8.54. The Morgan fingerprint density at radius 1 is 1.24 bits per heavy atom. The van der Waals surface area contributed by atoms with Crippen LogP contribution in [-0.4, -0.2) is 25.3 Å². The second-order valence-electron chi connectivity index (χ2n) is 6.80. The molecule has 1 N–H and O–H groups in total. The van der Waals surface area contributed by atoms with E-state index in [1.807, 2.05) is 0 Å². The van der Waals surface area contributed by atoms with Gasteiger partial charge in [0.25, 0.3) is 0 Å². The zero-order valence-corrected chi connectivity index (χ0v) is 14.1. The quantitative estimate of drug-likeness (QED) is 0.814. The molecule has 0 aliphatic carbocycles. The van der Waals surface area contributed by atoms with Crippen LogP contribution < -0.4 is 5.32 Å². The molecule has 118 valence electrons. The SMILES string of the molecule is CCCNC(Cc1ccc(C(C)C)cc1)C1COC(C)C1. The molecule has 3 atom stereocenters. The molecule has 1 saturated heterocycles. The van der Waals surface area contributed by atoms with Gasteiger partial charge in [-0.3, -0.25) is 0 Å². The summed E-state index contributed by atoms with van der Waals surface area (Å²) in [5.41, 5.74) is 2.86. The van der Waals surface area contributed by atoms with Crippen molar-refractivity contribution < 1.29 is 4.74 Å². The van der Waals surface area contributed by atoms with Gasteiger partial charge in [0.1, 0.15) is 0 Å². The molecule has 1 aromatic rings. The average molecular weight is 289 g/mol. The van der Waals surface area contributed by atoms with Crippen molar-refractivity contribution in [1.82, 2.24) is 5.32 Å². The van der Waals surface area contributed by atoms with Crippen LogP contribution in [0, 0.1) is 5.92 Å². The molecular weight excluding hydrogens is 258 g/mol. The second-order valence-corrected chi connectivity index (χ2v) is 6.80. The third kappa shape index (κ3) is 4.82. The standard InChI is InChI=1S/C19H31NO/c1-5-10-20-19(18-11-15(4)21-13-18)12-16-6-8-17(9-7-16)14(2)3/h6-9,14-15,18-20H,5,10-13H2,1-4H3. The van der Waals surface area contributed by atoms with Crippen molar-refractivity contribution in [3.63, 3.8) is 0 Å². The fourth-order valence-electron chi connectivity index (χ4n) is 3.16. The van der Waals surface area contributed by atoms with Crippen LogP contribution in [0.5, 0.6) is 0 Å². The van der Waals surface area contributed by atoms with Crippen molar-refractivity contribution in [2.45, 2.75) is 65.0 Å². The van der Waals surface area contributed by atoms with E-state index < -0.39 is 0 Å². The summed E-state index contributed by atoms with van der Waals surface area (Å²) in [4.78, 5) is 0. The van der Waals surface area contributed by atoms with Crippen LogP contribution in [0.15, 0.2) is 24.3 Å². The lowest BCUT2D eigenvalue weighted by Gasteiger charge is -2.24. The van der Waals surface area contributed by atoms with Gasteiger partial charge in [-0.2, -0.15) is 0 Å². The Labute approximate surface area is 130 Å². The van der Waals surface area contributed by atoms with Crippen molar-refractivity contribution >= 4 is 0 Å². The predicted molar refractivity (Wildman–Crippen MR) is 89.8 cm³/mol. The van der Waals surface area contributed by atoms with Gasteiger partial charge in [-0.05, 0) is 49.8 Å². The zero-order valence-electron chi connectivity index (χ0n) is 14.1. The van der Waals surface area contributed by atoms with Crippen LogP contribution in [0.2, 0.25) is 0 Å². The number of hydrogen-bond donors (Lipinski definition) is 1. The molecule has 0 amide bonds. The van der Waals surface area contributed by atoms with E-state index in [1.165, 1.54) is 24.0 Å². The third-order valence-electron chi connectivity index (χ3n) is 4.56. The Hall–Kier alpha value is -0.860. The first-order chi connectivity index (χ1) is 10.1. The summed E-state index contributed by atoms with van der Waals surface area (Å²) in [6, 6.07) is 9.71. The average Bonchev–Trinajstić information content (AvgIpc) is 2.90. The van der Waals surface area contributed by atoms with E-state index in [9.17, 15) is 0 Å². The molecule has 0 aromatic heterocycles. The highest BCUT2D eigenvalue weighted by molar-refractivity contribution is 5.25. The molecule has 0 radical (unpaired) electrons. The molecule has 3 unspecified atom stereocenters. The normalized spacial score (nSPS) is 23.7. The van der Waals surface area contributed by atoms with Gasteiger partial charge in [-0.15, -0.1) is 0 Å². The summed E-state index contributed by atoms with van der Waals surface area (Å²) in [7, 11) is 0. The van der Waals surface area contributed by atoms with Crippen LogP contribution in [0.1, 0.15) is 57.6 Å². The number of nitrogens with one attached hydrogen (secondary N) is 1. The fourth-order valence-corrected chi connectivity index (χ4v) is 3.16. The van der Waals surface area contributed by atoms with E-state index in [1.54, 1.807) is 0 Å². The zero-order chi connectivity index (χ0) is 15.2. The van der Waals surface area contributed by atoms with Crippen LogP contribution in [-0.2, 0) is 11.2 Å². The lowest BCUT2D eigenvalue weighted by Crippen LogP contribution is -2.39. The van der Waals surface area contributed by atoms with Crippen molar-refractivity contribution in [3.8, 4) is 0 Å². The van der Waals surface area contributed by atoms with Gasteiger partial charge >= 0.3 is 0 Å². The minimum absolute atomic E-state index is 0.421. The molecule has 1 aliphatic rings. The van der Waals surface area contributed by atoms with E-state index in [0.29, 0.717) is 24.0 Å². The van der Waals surface area contributed by atoms with Crippen LogP contribution in [0.3, 0.4) is 0 Å². The third-order valence-corrected chi connectivity index (χ3v) is 4.56. The van der Waals surface area contributed by atoms with E-state index >= 15 is 0 Å². The summed E-state index contributed by atoms with van der Waals surface area (Å²) in [6.07, 6.45) is 3.90. The molecule has 1 heterocycles. The lowest BCUT2D eigenvalue weighted by molar-refractivity contribution is 0.117. The molecule has 1 aliphatic heterocycles. The summed E-state index contributed by atoms with van der Waals surface area (Å²) in [5, 5.41) is 3.74. The number of hydrogen-bond acceptors (Lipinski definition) is 2. The Kier molecular flexibility index (Phi) is 6.25. The maximum Gasteiger partial charge on any atom is 0.0551 e. The Morgan fingerprint density at radius 3 is 2.48 bits per heavy atom. The molecule has 2 nitrogen and oxygen atoms in total. The number of ether oxygens (including phenoxy) is 1. The smallest absolute Gasteiger partial charge is 0.0551 e. The van der Waals surface area contributed by atoms with E-state index in [-0.39, 0.29) is 0 Å². The minimum Gasteiger partial charge on any atom is -0.378 e.